The predicted octanol–water partition coefficient (Wildman–Crippen LogP) is 2.38. The van der Waals surface area contributed by atoms with Gasteiger partial charge in [0.25, 0.3) is 0 Å². The van der Waals surface area contributed by atoms with Crippen LogP contribution in [0.4, 0.5) is 5.69 Å². The highest BCUT2D eigenvalue weighted by Gasteiger charge is 2.05. The second kappa shape index (κ2) is 5.48. The molecule has 0 saturated carbocycles. The zero-order chi connectivity index (χ0) is 12.1. The Hall–Kier alpha value is -1.84. The zero-order valence-corrected chi connectivity index (χ0v) is 10.3. The van der Waals surface area contributed by atoms with Crippen molar-refractivity contribution in [3.8, 4) is 0 Å². The summed E-state index contributed by atoms with van der Waals surface area (Å²) in [7, 11) is 1.94. The standard InChI is InChI=1S/C13H18N4/c1-3-7-12-15-13(17(2)16-12)10-14-11-8-5-4-6-9-11/h4-6,8-9,14H,3,7,10H2,1-2H3. The molecule has 4 nitrogen and oxygen atoms in total. The molecular weight excluding hydrogens is 212 g/mol. The lowest BCUT2D eigenvalue weighted by Gasteiger charge is -2.04. The Labute approximate surface area is 102 Å². The minimum Gasteiger partial charge on any atom is -0.378 e. The monoisotopic (exact) mass is 230 g/mol. The number of aromatic nitrogens is 3. The van der Waals surface area contributed by atoms with Gasteiger partial charge in [-0.05, 0) is 18.6 Å². The quantitative estimate of drug-likeness (QED) is 0.857. The molecule has 0 bridgehead atoms. The molecule has 90 valence electrons. The Kier molecular flexibility index (Phi) is 3.75. The minimum absolute atomic E-state index is 0.706. The number of nitrogens with one attached hydrogen (secondary N) is 1. The van der Waals surface area contributed by atoms with Gasteiger partial charge < -0.3 is 5.32 Å². The van der Waals surface area contributed by atoms with Crippen molar-refractivity contribution in [1.82, 2.24) is 14.8 Å². The van der Waals surface area contributed by atoms with Crippen molar-refractivity contribution >= 4 is 5.69 Å². The van der Waals surface area contributed by atoms with Crippen LogP contribution in [0.1, 0.15) is 25.0 Å². The van der Waals surface area contributed by atoms with E-state index >= 15 is 0 Å². The first-order valence-electron chi connectivity index (χ1n) is 5.97. The largest absolute Gasteiger partial charge is 0.378 e. The summed E-state index contributed by atoms with van der Waals surface area (Å²) >= 11 is 0. The maximum atomic E-state index is 4.50. The smallest absolute Gasteiger partial charge is 0.151 e. The van der Waals surface area contributed by atoms with Gasteiger partial charge in [-0.2, -0.15) is 5.10 Å². The first-order chi connectivity index (χ1) is 8.29. The maximum absolute atomic E-state index is 4.50. The van der Waals surface area contributed by atoms with Gasteiger partial charge in [0.05, 0.1) is 6.54 Å². The Bertz CT molecular complexity index is 462. The molecule has 0 spiro atoms. The Morgan fingerprint density at radius 1 is 1.24 bits per heavy atom. The van der Waals surface area contributed by atoms with Gasteiger partial charge in [0, 0.05) is 19.2 Å². The molecule has 1 N–H and O–H groups in total. The van der Waals surface area contributed by atoms with Crippen LogP contribution in [0.25, 0.3) is 0 Å². The normalized spacial score (nSPS) is 10.5. The number of hydrogen-bond donors (Lipinski definition) is 1. The van der Waals surface area contributed by atoms with Crippen LogP contribution in [0.5, 0.6) is 0 Å². The average molecular weight is 230 g/mol. The lowest BCUT2D eigenvalue weighted by Crippen LogP contribution is -2.06. The van der Waals surface area contributed by atoms with E-state index in [0.717, 1.165) is 30.2 Å². The molecule has 0 saturated heterocycles. The van der Waals surface area contributed by atoms with Crippen LogP contribution >= 0.6 is 0 Å². The van der Waals surface area contributed by atoms with Crippen molar-refractivity contribution in [2.45, 2.75) is 26.3 Å². The van der Waals surface area contributed by atoms with Gasteiger partial charge in [-0.3, -0.25) is 4.68 Å². The average Bonchev–Trinajstić information content (AvgIpc) is 2.69. The van der Waals surface area contributed by atoms with Crippen LogP contribution in [0, 0.1) is 0 Å². The summed E-state index contributed by atoms with van der Waals surface area (Å²) < 4.78 is 1.85. The molecule has 0 unspecified atom stereocenters. The Balaban J connectivity index is 1.99. The van der Waals surface area contributed by atoms with Crippen molar-refractivity contribution in [2.75, 3.05) is 5.32 Å². The molecule has 0 fully saturated rings. The molecule has 0 aliphatic carbocycles. The molecular formula is C13H18N4. The van der Waals surface area contributed by atoms with Crippen molar-refractivity contribution in [3.05, 3.63) is 42.0 Å². The fourth-order valence-corrected chi connectivity index (χ4v) is 1.70. The highest BCUT2D eigenvalue weighted by atomic mass is 15.3. The van der Waals surface area contributed by atoms with Crippen LogP contribution in [0.3, 0.4) is 0 Å². The van der Waals surface area contributed by atoms with Gasteiger partial charge in [-0.15, -0.1) is 0 Å². The summed E-state index contributed by atoms with van der Waals surface area (Å²) in [5, 5.41) is 7.71. The molecule has 2 rings (SSSR count). The molecule has 4 heteroatoms. The molecule has 1 heterocycles. The van der Waals surface area contributed by atoms with E-state index in [1.165, 1.54) is 0 Å². The third-order valence-electron chi connectivity index (χ3n) is 2.60. The van der Waals surface area contributed by atoms with E-state index in [4.69, 9.17) is 0 Å². The Morgan fingerprint density at radius 2 is 2.00 bits per heavy atom. The van der Waals surface area contributed by atoms with Crippen molar-refractivity contribution in [3.63, 3.8) is 0 Å². The van der Waals surface area contributed by atoms with Crippen LogP contribution < -0.4 is 5.32 Å². The van der Waals surface area contributed by atoms with Crippen LogP contribution in [-0.4, -0.2) is 14.8 Å². The van der Waals surface area contributed by atoms with Crippen molar-refractivity contribution in [2.24, 2.45) is 7.05 Å². The molecule has 1 aromatic heterocycles. The van der Waals surface area contributed by atoms with Gasteiger partial charge in [0.2, 0.25) is 0 Å². The molecule has 0 aliphatic heterocycles. The second-order valence-electron chi connectivity index (χ2n) is 4.04. The number of anilines is 1. The van der Waals surface area contributed by atoms with Gasteiger partial charge in [-0.1, -0.05) is 25.1 Å². The summed E-state index contributed by atoms with van der Waals surface area (Å²) in [5.41, 5.74) is 1.10. The van der Waals surface area contributed by atoms with E-state index in [-0.39, 0.29) is 0 Å². The fourth-order valence-electron chi connectivity index (χ4n) is 1.70. The lowest BCUT2D eigenvalue weighted by atomic mass is 10.3. The molecule has 0 radical (unpaired) electrons. The van der Waals surface area contributed by atoms with Gasteiger partial charge in [0.15, 0.2) is 5.82 Å². The van der Waals surface area contributed by atoms with Crippen LogP contribution in [-0.2, 0) is 20.0 Å². The highest BCUT2D eigenvalue weighted by Crippen LogP contribution is 2.07. The lowest BCUT2D eigenvalue weighted by molar-refractivity contribution is 0.698. The topological polar surface area (TPSA) is 42.7 Å². The van der Waals surface area contributed by atoms with E-state index in [1.54, 1.807) is 0 Å². The van der Waals surface area contributed by atoms with Crippen LogP contribution in [0.2, 0.25) is 0 Å². The summed E-state index contributed by atoms with van der Waals surface area (Å²) in [4.78, 5) is 4.50. The predicted molar refractivity (Wildman–Crippen MR) is 68.8 cm³/mol. The van der Waals surface area contributed by atoms with E-state index in [0.29, 0.717) is 6.54 Å². The zero-order valence-electron chi connectivity index (χ0n) is 10.3. The third-order valence-corrected chi connectivity index (χ3v) is 2.60. The third kappa shape index (κ3) is 3.06. The van der Waals surface area contributed by atoms with Gasteiger partial charge in [0.1, 0.15) is 5.82 Å². The van der Waals surface area contributed by atoms with Crippen molar-refractivity contribution < 1.29 is 0 Å². The number of hydrogen-bond acceptors (Lipinski definition) is 3. The summed E-state index contributed by atoms with van der Waals surface area (Å²) in [6, 6.07) is 10.1. The SMILES string of the molecule is CCCc1nc(CNc2ccccc2)n(C)n1. The molecule has 2 aromatic rings. The number of aryl methyl sites for hydroxylation is 2. The Morgan fingerprint density at radius 3 is 2.71 bits per heavy atom. The van der Waals surface area contributed by atoms with Crippen molar-refractivity contribution in [1.29, 1.82) is 0 Å². The molecule has 0 amide bonds. The molecule has 1 aromatic carbocycles. The summed E-state index contributed by atoms with van der Waals surface area (Å²) in [6.07, 6.45) is 2.02. The number of rotatable bonds is 5. The highest BCUT2D eigenvalue weighted by molar-refractivity contribution is 5.42. The number of nitrogens with zero attached hydrogens (tertiary/aromatic N) is 3. The van der Waals surface area contributed by atoms with Gasteiger partial charge in [-0.25, -0.2) is 4.98 Å². The molecule has 0 atom stereocenters. The van der Waals surface area contributed by atoms with Gasteiger partial charge >= 0.3 is 0 Å². The minimum atomic E-state index is 0.706. The second-order valence-corrected chi connectivity index (χ2v) is 4.04. The van der Waals surface area contributed by atoms with Crippen LogP contribution in [0.15, 0.2) is 30.3 Å². The van der Waals surface area contributed by atoms with E-state index in [9.17, 15) is 0 Å². The summed E-state index contributed by atoms with van der Waals surface area (Å²) in [5.74, 6) is 1.90. The first-order valence-corrected chi connectivity index (χ1v) is 5.97. The van der Waals surface area contributed by atoms with E-state index < -0.39 is 0 Å². The van der Waals surface area contributed by atoms with E-state index in [1.807, 2.05) is 42.1 Å². The van der Waals surface area contributed by atoms with E-state index in [2.05, 4.69) is 22.3 Å². The molecule has 0 aliphatic rings. The number of benzene rings is 1. The fraction of sp³-hybridized carbons (Fsp3) is 0.385. The number of para-hydroxylation sites is 1. The first kappa shape index (κ1) is 11.6. The summed E-state index contributed by atoms with van der Waals surface area (Å²) in [6.45, 7) is 2.84. The maximum Gasteiger partial charge on any atom is 0.151 e. The molecule has 17 heavy (non-hydrogen) atoms.